The summed E-state index contributed by atoms with van der Waals surface area (Å²) in [5.41, 5.74) is 10.2. The first-order valence-corrected chi connectivity index (χ1v) is 6.91. The molecular formula is C18H21NO2. The number of esters is 1. The molecule has 0 spiro atoms. The second-order valence-corrected chi connectivity index (χ2v) is 6.12. The summed E-state index contributed by atoms with van der Waals surface area (Å²) in [6.07, 6.45) is 0. The molecule has 0 atom stereocenters. The van der Waals surface area contributed by atoms with Gasteiger partial charge in [-0.25, -0.2) is 4.79 Å². The van der Waals surface area contributed by atoms with Gasteiger partial charge in [-0.15, -0.1) is 0 Å². The number of nitrogen functional groups attached to an aromatic ring is 1. The lowest BCUT2D eigenvalue weighted by molar-refractivity contribution is 0.0602. The Kier molecular flexibility index (Phi) is 4.03. The Morgan fingerprint density at radius 1 is 1.00 bits per heavy atom. The maximum absolute atomic E-state index is 11.5. The van der Waals surface area contributed by atoms with Crippen LogP contribution in [0.15, 0.2) is 42.5 Å². The van der Waals surface area contributed by atoms with Crippen LogP contribution >= 0.6 is 0 Å². The van der Waals surface area contributed by atoms with E-state index in [4.69, 9.17) is 10.5 Å². The Balaban J connectivity index is 2.35. The van der Waals surface area contributed by atoms with E-state index in [0.29, 0.717) is 11.3 Å². The summed E-state index contributed by atoms with van der Waals surface area (Å²) in [5.74, 6) is -0.415. The van der Waals surface area contributed by atoms with E-state index in [1.165, 1.54) is 12.7 Å². The Hall–Kier alpha value is -2.29. The van der Waals surface area contributed by atoms with Crippen molar-refractivity contribution in [3.05, 3.63) is 53.6 Å². The first kappa shape index (κ1) is 15.1. The van der Waals surface area contributed by atoms with Gasteiger partial charge < -0.3 is 10.5 Å². The molecule has 110 valence electrons. The number of rotatable bonds is 2. The van der Waals surface area contributed by atoms with Crippen molar-refractivity contribution >= 4 is 11.7 Å². The minimum atomic E-state index is -0.415. The number of anilines is 1. The number of methoxy groups -OCH3 is 1. The minimum absolute atomic E-state index is 0.131. The molecule has 0 aromatic heterocycles. The fourth-order valence-electron chi connectivity index (χ4n) is 2.20. The lowest BCUT2D eigenvalue weighted by atomic mass is 9.86. The van der Waals surface area contributed by atoms with E-state index in [1.807, 2.05) is 6.07 Å². The molecule has 0 radical (unpaired) electrons. The summed E-state index contributed by atoms with van der Waals surface area (Å²) in [6, 6.07) is 13.8. The van der Waals surface area contributed by atoms with Crippen LogP contribution in [-0.2, 0) is 10.2 Å². The molecule has 0 aliphatic carbocycles. The number of carbonyl (C=O) groups is 1. The zero-order valence-corrected chi connectivity index (χ0v) is 12.9. The fraction of sp³-hybridized carbons (Fsp3) is 0.278. The van der Waals surface area contributed by atoms with Crippen LogP contribution in [0, 0.1) is 0 Å². The molecule has 2 aromatic carbocycles. The van der Waals surface area contributed by atoms with Crippen LogP contribution < -0.4 is 5.73 Å². The van der Waals surface area contributed by atoms with Crippen LogP contribution in [0.25, 0.3) is 11.1 Å². The van der Waals surface area contributed by atoms with Gasteiger partial charge in [0.05, 0.1) is 12.7 Å². The molecule has 0 unspecified atom stereocenters. The monoisotopic (exact) mass is 283 g/mol. The molecule has 2 aromatic rings. The minimum Gasteiger partial charge on any atom is -0.465 e. The molecule has 3 heteroatoms. The Labute approximate surface area is 125 Å². The van der Waals surface area contributed by atoms with Gasteiger partial charge in [-0.05, 0) is 34.2 Å². The highest BCUT2D eigenvalue weighted by Crippen LogP contribution is 2.28. The molecule has 21 heavy (non-hydrogen) atoms. The van der Waals surface area contributed by atoms with Crippen LogP contribution in [0.2, 0.25) is 0 Å². The van der Waals surface area contributed by atoms with Crippen LogP contribution in [0.3, 0.4) is 0 Å². The predicted octanol–water partition coefficient (Wildman–Crippen LogP) is 4.02. The molecular weight excluding hydrogens is 262 g/mol. The van der Waals surface area contributed by atoms with E-state index in [1.54, 1.807) is 12.1 Å². The molecule has 0 heterocycles. The number of nitrogens with two attached hydrogens (primary N) is 1. The number of benzene rings is 2. The maximum atomic E-state index is 11.5. The van der Waals surface area contributed by atoms with E-state index >= 15 is 0 Å². The van der Waals surface area contributed by atoms with Gasteiger partial charge in [-0.2, -0.15) is 0 Å². The third-order valence-electron chi connectivity index (χ3n) is 3.54. The van der Waals surface area contributed by atoms with Gasteiger partial charge >= 0.3 is 5.97 Å². The summed E-state index contributed by atoms with van der Waals surface area (Å²) in [6.45, 7) is 6.56. The van der Waals surface area contributed by atoms with Crippen LogP contribution in [0.1, 0.15) is 36.7 Å². The van der Waals surface area contributed by atoms with Crippen LogP contribution in [0.5, 0.6) is 0 Å². The van der Waals surface area contributed by atoms with E-state index < -0.39 is 5.97 Å². The molecule has 0 aliphatic rings. The number of hydrogen-bond acceptors (Lipinski definition) is 3. The smallest absolute Gasteiger partial charge is 0.339 e. The average Bonchev–Trinajstić information content (AvgIpc) is 2.45. The summed E-state index contributed by atoms with van der Waals surface area (Å²) < 4.78 is 4.70. The largest absolute Gasteiger partial charge is 0.465 e. The SMILES string of the molecule is COC(=O)c1ccc(-c2ccc(C(C)(C)C)cc2)cc1N. The quantitative estimate of drug-likeness (QED) is 0.669. The van der Waals surface area contributed by atoms with Crippen molar-refractivity contribution in [1.29, 1.82) is 0 Å². The Morgan fingerprint density at radius 3 is 2.05 bits per heavy atom. The van der Waals surface area contributed by atoms with E-state index in [0.717, 1.165) is 11.1 Å². The first-order valence-electron chi connectivity index (χ1n) is 6.91. The van der Waals surface area contributed by atoms with Gasteiger partial charge in [0.1, 0.15) is 0 Å². The van der Waals surface area contributed by atoms with Crippen molar-refractivity contribution in [2.45, 2.75) is 26.2 Å². The second kappa shape index (κ2) is 5.60. The summed E-state index contributed by atoms with van der Waals surface area (Å²) >= 11 is 0. The lowest BCUT2D eigenvalue weighted by Crippen LogP contribution is -2.10. The van der Waals surface area contributed by atoms with Crippen molar-refractivity contribution in [2.75, 3.05) is 12.8 Å². The van der Waals surface area contributed by atoms with E-state index in [2.05, 4.69) is 45.0 Å². The molecule has 0 fully saturated rings. The molecule has 0 saturated heterocycles. The highest BCUT2D eigenvalue weighted by atomic mass is 16.5. The summed E-state index contributed by atoms with van der Waals surface area (Å²) in [7, 11) is 1.35. The standard InChI is InChI=1S/C18H21NO2/c1-18(2,3)14-8-5-12(6-9-14)13-7-10-15(16(19)11-13)17(20)21-4/h5-11H,19H2,1-4H3. The molecule has 0 saturated carbocycles. The predicted molar refractivity (Wildman–Crippen MR) is 86.3 cm³/mol. The zero-order valence-electron chi connectivity index (χ0n) is 12.9. The van der Waals surface area contributed by atoms with Crippen molar-refractivity contribution in [2.24, 2.45) is 0 Å². The second-order valence-electron chi connectivity index (χ2n) is 6.12. The molecule has 2 N–H and O–H groups in total. The molecule has 0 aliphatic heterocycles. The third-order valence-corrected chi connectivity index (χ3v) is 3.54. The number of hydrogen-bond donors (Lipinski definition) is 1. The number of carbonyl (C=O) groups excluding carboxylic acids is 1. The number of ether oxygens (including phenoxy) is 1. The van der Waals surface area contributed by atoms with Gasteiger partial charge in [-0.1, -0.05) is 51.1 Å². The van der Waals surface area contributed by atoms with Crippen molar-refractivity contribution < 1.29 is 9.53 Å². The van der Waals surface area contributed by atoms with Crippen molar-refractivity contribution in [3.63, 3.8) is 0 Å². The Bertz CT molecular complexity index is 652. The van der Waals surface area contributed by atoms with Crippen molar-refractivity contribution in [1.82, 2.24) is 0 Å². The van der Waals surface area contributed by atoms with E-state index in [-0.39, 0.29) is 5.41 Å². The highest BCUT2D eigenvalue weighted by molar-refractivity contribution is 5.96. The highest BCUT2D eigenvalue weighted by Gasteiger charge is 2.14. The average molecular weight is 283 g/mol. The maximum Gasteiger partial charge on any atom is 0.339 e. The van der Waals surface area contributed by atoms with Crippen molar-refractivity contribution in [3.8, 4) is 11.1 Å². The van der Waals surface area contributed by atoms with Gasteiger partial charge in [0, 0.05) is 5.69 Å². The van der Waals surface area contributed by atoms with Gasteiger partial charge in [-0.3, -0.25) is 0 Å². The zero-order chi connectivity index (χ0) is 15.6. The molecule has 0 amide bonds. The topological polar surface area (TPSA) is 52.3 Å². The Morgan fingerprint density at radius 2 is 1.57 bits per heavy atom. The first-order chi connectivity index (χ1) is 9.82. The summed E-state index contributed by atoms with van der Waals surface area (Å²) in [4.78, 5) is 11.5. The molecule has 2 rings (SSSR count). The third kappa shape index (κ3) is 3.24. The van der Waals surface area contributed by atoms with Crippen LogP contribution in [-0.4, -0.2) is 13.1 Å². The lowest BCUT2D eigenvalue weighted by Gasteiger charge is -2.19. The molecule has 3 nitrogen and oxygen atoms in total. The van der Waals surface area contributed by atoms with Gasteiger partial charge in [0.2, 0.25) is 0 Å². The van der Waals surface area contributed by atoms with Crippen LogP contribution in [0.4, 0.5) is 5.69 Å². The normalized spacial score (nSPS) is 11.2. The van der Waals surface area contributed by atoms with E-state index in [9.17, 15) is 4.79 Å². The fourth-order valence-corrected chi connectivity index (χ4v) is 2.20. The van der Waals surface area contributed by atoms with Gasteiger partial charge in [0.25, 0.3) is 0 Å². The molecule has 0 bridgehead atoms. The summed E-state index contributed by atoms with van der Waals surface area (Å²) in [5, 5.41) is 0. The van der Waals surface area contributed by atoms with Gasteiger partial charge in [0.15, 0.2) is 0 Å².